The second-order valence-electron chi connectivity index (χ2n) is 4.48. The van der Waals surface area contributed by atoms with Gasteiger partial charge in [-0.25, -0.2) is 0 Å². The number of carbonyl (C=O) groups is 1. The Morgan fingerprint density at radius 2 is 2.05 bits per heavy atom. The van der Waals surface area contributed by atoms with Gasteiger partial charge in [-0.15, -0.1) is 0 Å². The summed E-state index contributed by atoms with van der Waals surface area (Å²) in [6.45, 7) is 0.468. The molecule has 0 bridgehead atoms. The molecule has 0 saturated heterocycles. The lowest BCUT2D eigenvalue weighted by Gasteiger charge is -2.13. The molecule has 21 heavy (non-hydrogen) atoms. The van der Waals surface area contributed by atoms with Crippen molar-refractivity contribution in [2.45, 2.75) is 6.54 Å². The maximum atomic E-state index is 11.5. The van der Waals surface area contributed by atoms with Crippen LogP contribution in [0.25, 0.3) is 0 Å². The molecule has 0 spiro atoms. The van der Waals surface area contributed by atoms with E-state index in [2.05, 4.69) is 21.2 Å². The van der Waals surface area contributed by atoms with Gasteiger partial charge in [-0.3, -0.25) is 4.79 Å². The van der Waals surface area contributed by atoms with Crippen molar-refractivity contribution >= 4 is 33.2 Å². The predicted molar refractivity (Wildman–Crippen MR) is 87.4 cm³/mol. The van der Waals surface area contributed by atoms with E-state index >= 15 is 0 Å². The molecule has 0 fully saturated rings. The van der Waals surface area contributed by atoms with Crippen molar-refractivity contribution in [2.24, 2.45) is 5.73 Å². The zero-order chi connectivity index (χ0) is 15.4. The van der Waals surface area contributed by atoms with E-state index < -0.39 is 5.91 Å². The van der Waals surface area contributed by atoms with Crippen LogP contribution in [-0.2, 0) is 6.54 Å². The number of nitrogen functional groups attached to an aromatic ring is 1. The summed E-state index contributed by atoms with van der Waals surface area (Å²) < 4.78 is 6.09. The number of benzene rings is 2. The van der Waals surface area contributed by atoms with Crippen molar-refractivity contribution in [3.63, 3.8) is 0 Å². The summed E-state index contributed by atoms with van der Waals surface area (Å²) in [5.74, 6) is 0.243. The van der Waals surface area contributed by atoms with E-state index in [1.165, 1.54) is 0 Å². The average molecular weight is 350 g/mol. The van der Waals surface area contributed by atoms with Crippen LogP contribution in [0, 0.1) is 0 Å². The number of primary amides is 1. The van der Waals surface area contributed by atoms with Crippen LogP contribution < -0.4 is 21.5 Å². The summed E-state index contributed by atoms with van der Waals surface area (Å²) in [5, 5.41) is 3.18. The molecular weight excluding hydrogens is 334 g/mol. The quantitative estimate of drug-likeness (QED) is 0.724. The molecule has 0 saturated carbocycles. The van der Waals surface area contributed by atoms with Crippen LogP contribution in [0.3, 0.4) is 0 Å². The molecule has 2 aromatic carbocycles. The number of amides is 1. The minimum Gasteiger partial charge on any atom is -0.496 e. The van der Waals surface area contributed by atoms with Crippen molar-refractivity contribution in [2.75, 3.05) is 18.2 Å². The Morgan fingerprint density at radius 3 is 2.71 bits per heavy atom. The van der Waals surface area contributed by atoms with E-state index in [1.54, 1.807) is 25.3 Å². The van der Waals surface area contributed by atoms with Gasteiger partial charge in [0, 0.05) is 28.0 Å². The molecule has 5 nitrogen and oxygen atoms in total. The van der Waals surface area contributed by atoms with Crippen LogP contribution >= 0.6 is 15.9 Å². The van der Waals surface area contributed by atoms with E-state index in [0.717, 1.165) is 15.8 Å². The zero-order valence-corrected chi connectivity index (χ0v) is 13.1. The second kappa shape index (κ2) is 6.49. The molecule has 0 aliphatic carbocycles. The summed E-state index contributed by atoms with van der Waals surface area (Å²) in [6.07, 6.45) is 0. The Kier molecular flexibility index (Phi) is 4.70. The molecule has 2 aromatic rings. The van der Waals surface area contributed by atoms with E-state index in [-0.39, 0.29) is 0 Å². The normalized spacial score (nSPS) is 10.2. The summed E-state index contributed by atoms with van der Waals surface area (Å²) >= 11 is 3.32. The lowest BCUT2D eigenvalue weighted by atomic mass is 10.1. The Labute approximate surface area is 131 Å². The van der Waals surface area contributed by atoms with Gasteiger partial charge in [0.2, 0.25) is 0 Å². The maximum Gasteiger partial charge on any atom is 0.250 e. The number of hydrogen-bond donors (Lipinski definition) is 3. The summed E-state index contributed by atoms with van der Waals surface area (Å²) in [5.41, 5.74) is 13.8. The Balaban J connectivity index is 2.24. The Morgan fingerprint density at radius 1 is 1.29 bits per heavy atom. The third kappa shape index (κ3) is 3.66. The first-order valence-corrected chi connectivity index (χ1v) is 7.06. The van der Waals surface area contributed by atoms with Gasteiger partial charge in [0.05, 0.1) is 12.7 Å². The van der Waals surface area contributed by atoms with Crippen molar-refractivity contribution in [1.82, 2.24) is 0 Å². The van der Waals surface area contributed by atoms with Gasteiger partial charge in [0.15, 0.2) is 0 Å². The van der Waals surface area contributed by atoms with Crippen LogP contribution in [0.1, 0.15) is 15.9 Å². The Bertz CT molecular complexity index is 674. The number of nitrogens with one attached hydrogen (secondary N) is 1. The van der Waals surface area contributed by atoms with E-state index in [9.17, 15) is 4.79 Å². The predicted octanol–water partition coefficient (Wildman–Crippen LogP) is 2.75. The highest BCUT2D eigenvalue weighted by molar-refractivity contribution is 9.10. The number of carbonyl (C=O) groups excluding carboxylic acids is 1. The first kappa shape index (κ1) is 15.2. The minimum absolute atomic E-state index is 0.423. The fourth-order valence-electron chi connectivity index (χ4n) is 2.00. The molecule has 0 radical (unpaired) electrons. The molecule has 0 aliphatic rings. The topological polar surface area (TPSA) is 90.4 Å². The third-order valence-electron chi connectivity index (χ3n) is 3.02. The van der Waals surface area contributed by atoms with Gasteiger partial charge < -0.3 is 21.5 Å². The molecule has 110 valence electrons. The molecule has 0 heterocycles. The molecule has 1 amide bonds. The highest BCUT2D eigenvalue weighted by Crippen LogP contribution is 2.25. The van der Waals surface area contributed by atoms with Crippen LogP contribution in [0.15, 0.2) is 40.9 Å². The lowest BCUT2D eigenvalue weighted by molar-refractivity contribution is 0.100. The van der Waals surface area contributed by atoms with Gasteiger partial charge >= 0.3 is 0 Å². The third-order valence-corrected chi connectivity index (χ3v) is 3.51. The van der Waals surface area contributed by atoms with Crippen molar-refractivity contribution in [1.29, 1.82) is 0 Å². The molecular formula is C15H16BrN3O2. The van der Waals surface area contributed by atoms with Gasteiger partial charge in [0.1, 0.15) is 5.75 Å². The number of rotatable bonds is 5. The van der Waals surface area contributed by atoms with Gasteiger partial charge in [-0.2, -0.15) is 0 Å². The fourth-order valence-corrected chi connectivity index (χ4v) is 2.36. The van der Waals surface area contributed by atoms with Crippen LogP contribution in [0.2, 0.25) is 0 Å². The SMILES string of the molecule is COc1ccc(N)cc1CNc1ccc(Br)cc1C(N)=O. The van der Waals surface area contributed by atoms with Crippen LogP contribution in [-0.4, -0.2) is 13.0 Å². The number of halogens is 1. The first-order chi connectivity index (χ1) is 10.0. The van der Waals surface area contributed by atoms with Crippen molar-refractivity contribution in [3.8, 4) is 5.75 Å². The highest BCUT2D eigenvalue weighted by atomic mass is 79.9. The van der Waals surface area contributed by atoms with Gasteiger partial charge in [-0.1, -0.05) is 15.9 Å². The van der Waals surface area contributed by atoms with Crippen LogP contribution in [0.4, 0.5) is 11.4 Å². The number of methoxy groups -OCH3 is 1. The largest absolute Gasteiger partial charge is 0.496 e. The smallest absolute Gasteiger partial charge is 0.250 e. The molecule has 0 unspecified atom stereocenters. The van der Waals surface area contributed by atoms with Gasteiger partial charge in [-0.05, 0) is 36.4 Å². The molecule has 5 N–H and O–H groups in total. The summed E-state index contributed by atoms with van der Waals surface area (Å²) in [4.78, 5) is 11.5. The number of nitrogens with two attached hydrogens (primary N) is 2. The second-order valence-corrected chi connectivity index (χ2v) is 5.39. The summed E-state index contributed by atoms with van der Waals surface area (Å²) in [6, 6.07) is 10.7. The maximum absolute atomic E-state index is 11.5. The molecule has 0 aromatic heterocycles. The van der Waals surface area contributed by atoms with E-state index in [0.29, 0.717) is 23.5 Å². The standard InChI is InChI=1S/C15H16BrN3O2/c1-21-14-5-3-11(17)6-9(14)8-19-13-4-2-10(16)7-12(13)15(18)20/h2-7,19H,8,17H2,1H3,(H2,18,20). The van der Waals surface area contributed by atoms with Gasteiger partial charge in [0.25, 0.3) is 5.91 Å². The molecule has 0 atom stereocenters. The first-order valence-electron chi connectivity index (χ1n) is 6.27. The zero-order valence-electron chi connectivity index (χ0n) is 11.5. The van der Waals surface area contributed by atoms with Crippen molar-refractivity contribution < 1.29 is 9.53 Å². The fraction of sp³-hybridized carbons (Fsp3) is 0.133. The molecule has 2 rings (SSSR count). The number of ether oxygens (including phenoxy) is 1. The van der Waals surface area contributed by atoms with Crippen LogP contribution in [0.5, 0.6) is 5.75 Å². The molecule has 0 aliphatic heterocycles. The monoisotopic (exact) mass is 349 g/mol. The minimum atomic E-state index is -0.488. The highest BCUT2D eigenvalue weighted by Gasteiger charge is 2.10. The average Bonchev–Trinajstić information content (AvgIpc) is 2.46. The summed E-state index contributed by atoms with van der Waals surface area (Å²) in [7, 11) is 1.60. The molecule has 6 heteroatoms. The Hall–Kier alpha value is -2.21. The lowest BCUT2D eigenvalue weighted by Crippen LogP contribution is -2.14. The van der Waals surface area contributed by atoms with Crippen molar-refractivity contribution in [3.05, 3.63) is 52.0 Å². The van der Waals surface area contributed by atoms with E-state index in [1.807, 2.05) is 18.2 Å². The number of anilines is 2. The van der Waals surface area contributed by atoms with E-state index in [4.69, 9.17) is 16.2 Å². The number of hydrogen-bond acceptors (Lipinski definition) is 4.